The van der Waals surface area contributed by atoms with Crippen LogP contribution in [0.3, 0.4) is 0 Å². The van der Waals surface area contributed by atoms with Gasteiger partial charge in [-0.05, 0) is 49.5 Å². The Morgan fingerprint density at radius 1 is 1.42 bits per heavy atom. The van der Waals surface area contributed by atoms with Crippen LogP contribution in [0.25, 0.3) is 0 Å². The van der Waals surface area contributed by atoms with Crippen molar-refractivity contribution in [2.75, 3.05) is 18.6 Å². The number of nitrogens with zero attached hydrogens (tertiary/aromatic N) is 1. The summed E-state index contributed by atoms with van der Waals surface area (Å²) < 4.78 is 0. The van der Waals surface area contributed by atoms with Gasteiger partial charge in [-0.25, -0.2) is 0 Å². The molecule has 4 heteroatoms. The van der Waals surface area contributed by atoms with Crippen molar-refractivity contribution in [1.82, 2.24) is 10.2 Å². The van der Waals surface area contributed by atoms with Crippen LogP contribution in [0.5, 0.6) is 0 Å². The average Bonchev–Trinajstić information content (AvgIpc) is 2.86. The maximum absolute atomic E-state index is 12.7. The van der Waals surface area contributed by atoms with Crippen molar-refractivity contribution in [2.45, 2.75) is 57.2 Å². The van der Waals surface area contributed by atoms with E-state index in [1.54, 1.807) is 0 Å². The summed E-state index contributed by atoms with van der Waals surface area (Å²) in [6.07, 6.45) is 9.89. The average molecular weight is 282 g/mol. The van der Waals surface area contributed by atoms with Crippen molar-refractivity contribution in [2.24, 2.45) is 11.8 Å². The Kier molecular flexibility index (Phi) is 3.82. The van der Waals surface area contributed by atoms with Gasteiger partial charge in [0.2, 0.25) is 5.91 Å². The largest absolute Gasteiger partial charge is 0.325 e. The van der Waals surface area contributed by atoms with E-state index >= 15 is 0 Å². The first-order valence-corrected chi connectivity index (χ1v) is 9.13. The highest BCUT2D eigenvalue weighted by molar-refractivity contribution is 7.98. The summed E-state index contributed by atoms with van der Waals surface area (Å²) in [6.45, 7) is 3.21. The summed E-state index contributed by atoms with van der Waals surface area (Å²) in [7, 11) is 0. The van der Waals surface area contributed by atoms with E-state index in [2.05, 4.69) is 23.4 Å². The first-order chi connectivity index (χ1) is 9.16. The summed E-state index contributed by atoms with van der Waals surface area (Å²) in [5.41, 5.74) is -0.133. The van der Waals surface area contributed by atoms with Crippen LogP contribution in [0.1, 0.15) is 45.4 Å². The third-order valence-corrected chi connectivity index (χ3v) is 5.89. The normalized spacial score (nSPS) is 31.4. The van der Waals surface area contributed by atoms with Gasteiger partial charge in [-0.2, -0.15) is 11.8 Å². The van der Waals surface area contributed by atoms with Crippen LogP contribution >= 0.6 is 11.8 Å². The number of rotatable bonds is 5. The van der Waals surface area contributed by atoms with Crippen LogP contribution in [-0.4, -0.2) is 41.1 Å². The van der Waals surface area contributed by atoms with Crippen LogP contribution in [0, 0.1) is 11.8 Å². The molecule has 0 aromatic rings. The predicted octanol–water partition coefficient (Wildman–Crippen LogP) is 2.47. The van der Waals surface area contributed by atoms with E-state index in [4.69, 9.17) is 0 Å². The van der Waals surface area contributed by atoms with E-state index in [1.165, 1.54) is 25.7 Å². The second kappa shape index (κ2) is 5.28. The fourth-order valence-corrected chi connectivity index (χ4v) is 4.50. The highest BCUT2D eigenvalue weighted by Crippen LogP contribution is 2.45. The molecule has 0 aromatic heterocycles. The summed E-state index contributed by atoms with van der Waals surface area (Å²) in [5, 5.41) is 3.70. The van der Waals surface area contributed by atoms with Gasteiger partial charge in [0.15, 0.2) is 0 Å². The number of nitrogens with one attached hydrogen (secondary N) is 1. The number of amides is 1. The second-order valence-electron chi connectivity index (χ2n) is 6.73. The van der Waals surface area contributed by atoms with E-state index in [9.17, 15) is 4.79 Å². The van der Waals surface area contributed by atoms with Crippen molar-refractivity contribution in [3.8, 4) is 0 Å². The Morgan fingerprint density at radius 2 is 2.11 bits per heavy atom. The lowest BCUT2D eigenvalue weighted by Gasteiger charge is -2.31. The van der Waals surface area contributed by atoms with Gasteiger partial charge in [0.25, 0.3) is 0 Å². The quantitative estimate of drug-likeness (QED) is 0.841. The zero-order chi connectivity index (χ0) is 13.5. The summed E-state index contributed by atoms with van der Waals surface area (Å²) in [6, 6.07) is 0. The Labute approximate surface area is 120 Å². The lowest BCUT2D eigenvalue weighted by Crippen LogP contribution is -2.44. The SMILES string of the molecule is CSCC(C)CN1C(=O)C2(CC2)NC1C1CCCC1. The third kappa shape index (κ3) is 2.54. The number of thioether (sulfide) groups is 1. The van der Waals surface area contributed by atoms with Crippen LogP contribution < -0.4 is 5.32 Å². The van der Waals surface area contributed by atoms with Crippen molar-refractivity contribution in [3.05, 3.63) is 0 Å². The fourth-order valence-electron chi connectivity index (χ4n) is 3.82. The molecular weight excluding hydrogens is 256 g/mol. The summed E-state index contributed by atoms with van der Waals surface area (Å²) >= 11 is 1.88. The second-order valence-corrected chi connectivity index (χ2v) is 7.64. The van der Waals surface area contributed by atoms with Crippen molar-refractivity contribution in [1.29, 1.82) is 0 Å². The molecule has 0 radical (unpaired) electrons. The van der Waals surface area contributed by atoms with Crippen LogP contribution in [0.2, 0.25) is 0 Å². The van der Waals surface area contributed by atoms with E-state index in [0.717, 1.165) is 25.1 Å². The third-order valence-electron chi connectivity index (χ3n) is 4.99. The smallest absolute Gasteiger partial charge is 0.244 e. The topological polar surface area (TPSA) is 32.3 Å². The van der Waals surface area contributed by atoms with Gasteiger partial charge in [0.05, 0.1) is 11.7 Å². The first kappa shape index (κ1) is 13.7. The molecule has 1 aliphatic heterocycles. The van der Waals surface area contributed by atoms with Gasteiger partial charge in [-0.15, -0.1) is 0 Å². The van der Waals surface area contributed by atoms with Gasteiger partial charge in [0.1, 0.15) is 0 Å². The molecule has 2 aliphatic carbocycles. The maximum atomic E-state index is 12.7. The van der Waals surface area contributed by atoms with Crippen LogP contribution in [0.15, 0.2) is 0 Å². The van der Waals surface area contributed by atoms with Crippen molar-refractivity contribution >= 4 is 17.7 Å². The molecule has 0 aromatic carbocycles. The first-order valence-electron chi connectivity index (χ1n) is 7.74. The van der Waals surface area contributed by atoms with E-state index in [0.29, 0.717) is 23.9 Å². The molecule has 1 spiro atoms. The molecule has 3 nitrogen and oxygen atoms in total. The van der Waals surface area contributed by atoms with Crippen LogP contribution in [-0.2, 0) is 4.79 Å². The molecule has 108 valence electrons. The fraction of sp³-hybridized carbons (Fsp3) is 0.933. The van der Waals surface area contributed by atoms with Crippen LogP contribution in [0.4, 0.5) is 0 Å². The van der Waals surface area contributed by atoms with Gasteiger partial charge in [-0.1, -0.05) is 19.8 Å². The highest BCUT2D eigenvalue weighted by atomic mass is 32.2. The molecule has 2 unspecified atom stereocenters. The van der Waals surface area contributed by atoms with Crippen molar-refractivity contribution in [3.63, 3.8) is 0 Å². The molecule has 1 heterocycles. The molecular formula is C15H26N2OS. The minimum atomic E-state index is -0.133. The summed E-state index contributed by atoms with van der Waals surface area (Å²) in [5.74, 6) is 2.84. The standard InChI is InChI=1S/C15H26N2OS/c1-11(10-19-2)9-17-13(12-5-3-4-6-12)16-15(7-8-15)14(17)18/h11-13,16H,3-10H2,1-2H3. The Hall–Kier alpha value is -0.220. The zero-order valence-electron chi connectivity index (χ0n) is 12.2. The lowest BCUT2D eigenvalue weighted by atomic mass is 10.0. The van der Waals surface area contributed by atoms with E-state index < -0.39 is 0 Å². The number of carbonyl (C=O) groups excluding carboxylic acids is 1. The Morgan fingerprint density at radius 3 is 2.68 bits per heavy atom. The molecule has 1 saturated heterocycles. The Bertz CT molecular complexity index is 350. The monoisotopic (exact) mass is 282 g/mol. The lowest BCUT2D eigenvalue weighted by molar-refractivity contribution is -0.131. The number of hydrogen-bond donors (Lipinski definition) is 1. The van der Waals surface area contributed by atoms with Gasteiger partial charge < -0.3 is 4.90 Å². The number of hydrogen-bond acceptors (Lipinski definition) is 3. The molecule has 2 saturated carbocycles. The molecule has 19 heavy (non-hydrogen) atoms. The molecule has 3 aliphatic rings. The van der Waals surface area contributed by atoms with Gasteiger partial charge in [-0.3, -0.25) is 10.1 Å². The van der Waals surface area contributed by atoms with E-state index in [1.807, 2.05) is 11.8 Å². The van der Waals surface area contributed by atoms with E-state index in [-0.39, 0.29) is 5.54 Å². The molecule has 1 amide bonds. The van der Waals surface area contributed by atoms with Gasteiger partial charge >= 0.3 is 0 Å². The van der Waals surface area contributed by atoms with Crippen molar-refractivity contribution < 1.29 is 4.79 Å². The molecule has 1 N–H and O–H groups in total. The predicted molar refractivity (Wildman–Crippen MR) is 80.1 cm³/mol. The molecule has 2 atom stereocenters. The van der Waals surface area contributed by atoms with Gasteiger partial charge in [0, 0.05) is 6.54 Å². The minimum Gasteiger partial charge on any atom is -0.325 e. The highest BCUT2D eigenvalue weighted by Gasteiger charge is 2.60. The minimum absolute atomic E-state index is 0.133. The summed E-state index contributed by atoms with van der Waals surface area (Å²) in [4.78, 5) is 14.9. The number of carbonyl (C=O) groups is 1. The molecule has 3 rings (SSSR count). The molecule has 0 bridgehead atoms. The maximum Gasteiger partial charge on any atom is 0.244 e. The zero-order valence-corrected chi connectivity index (χ0v) is 13.0. The Balaban J connectivity index is 1.71. The molecule has 3 fully saturated rings.